The molecule has 0 spiro atoms. The van der Waals surface area contributed by atoms with Crippen LogP contribution in [0.15, 0.2) is 71.9 Å². The number of benzene rings is 1. The molecule has 0 saturated heterocycles. The Bertz CT molecular complexity index is 1150. The number of nitrogens with one attached hydrogen (secondary N) is 2. The van der Waals surface area contributed by atoms with Crippen molar-refractivity contribution in [2.75, 3.05) is 5.32 Å². The summed E-state index contributed by atoms with van der Waals surface area (Å²) in [5, 5.41) is 16.3. The maximum atomic E-state index is 12.7. The fraction of sp³-hybridized carbons (Fsp3) is 0.0526. The molecule has 1 aromatic carbocycles. The minimum absolute atomic E-state index is 0.148. The van der Waals surface area contributed by atoms with Crippen LogP contribution < -0.4 is 10.9 Å². The molecular weight excluding hydrogens is 358 g/mol. The highest BCUT2D eigenvalue weighted by Gasteiger charge is 2.10. The lowest BCUT2D eigenvalue weighted by molar-refractivity contribution is 0.102. The van der Waals surface area contributed by atoms with Gasteiger partial charge in [0, 0.05) is 35.8 Å². The van der Waals surface area contributed by atoms with E-state index < -0.39 is 0 Å². The Kier molecular flexibility index (Phi) is 4.70. The van der Waals surface area contributed by atoms with Gasteiger partial charge in [-0.2, -0.15) is 5.21 Å². The van der Waals surface area contributed by atoms with Crippen molar-refractivity contribution in [3.05, 3.63) is 88.9 Å². The van der Waals surface area contributed by atoms with Crippen LogP contribution in [-0.2, 0) is 6.54 Å². The molecule has 0 aliphatic rings. The second-order valence-electron chi connectivity index (χ2n) is 5.99. The first-order valence-electron chi connectivity index (χ1n) is 8.44. The van der Waals surface area contributed by atoms with Gasteiger partial charge in [-0.1, -0.05) is 23.4 Å². The number of aromatic nitrogens is 6. The number of hydrogen-bond donors (Lipinski definition) is 2. The molecule has 4 rings (SSSR count). The van der Waals surface area contributed by atoms with Gasteiger partial charge in [0.2, 0.25) is 0 Å². The molecule has 138 valence electrons. The highest BCUT2D eigenvalue weighted by atomic mass is 16.1. The first kappa shape index (κ1) is 17.3. The van der Waals surface area contributed by atoms with Gasteiger partial charge >= 0.3 is 0 Å². The average Bonchev–Trinajstić information content (AvgIpc) is 3.24. The Labute approximate surface area is 159 Å². The lowest BCUT2D eigenvalue weighted by Crippen LogP contribution is -2.21. The topological polar surface area (TPSA) is 118 Å². The van der Waals surface area contributed by atoms with E-state index in [9.17, 15) is 9.59 Å². The maximum absolute atomic E-state index is 12.7. The highest BCUT2D eigenvalue weighted by Crippen LogP contribution is 2.19. The van der Waals surface area contributed by atoms with E-state index in [2.05, 4.69) is 30.9 Å². The summed E-state index contributed by atoms with van der Waals surface area (Å²) in [4.78, 5) is 28.8. The van der Waals surface area contributed by atoms with E-state index in [0.29, 0.717) is 17.1 Å². The van der Waals surface area contributed by atoms with Crippen LogP contribution in [0.1, 0.15) is 16.2 Å². The first-order chi connectivity index (χ1) is 13.7. The maximum Gasteiger partial charge on any atom is 0.255 e. The quantitative estimate of drug-likeness (QED) is 0.550. The van der Waals surface area contributed by atoms with Crippen molar-refractivity contribution in [2.24, 2.45) is 0 Å². The first-order valence-corrected chi connectivity index (χ1v) is 8.44. The number of aromatic amines is 1. The van der Waals surface area contributed by atoms with Crippen LogP contribution >= 0.6 is 0 Å². The van der Waals surface area contributed by atoms with Gasteiger partial charge in [-0.3, -0.25) is 14.6 Å². The summed E-state index contributed by atoms with van der Waals surface area (Å²) in [6.07, 6.45) is 4.98. The van der Waals surface area contributed by atoms with E-state index >= 15 is 0 Å². The molecule has 0 fully saturated rings. The van der Waals surface area contributed by atoms with Crippen LogP contribution in [0.4, 0.5) is 5.69 Å². The van der Waals surface area contributed by atoms with Crippen LogP contribution in [0.5, 0.6) is 0 Å². The van der Waals surface area contributed by atoms with E-state index in [-0.39, 0.29) is 18.0 Å². The molecule has 28 heavy (non-hydrogen) atoms. The third-order valence-electron chi connectivity index (χ3n) is 4.06. The van der Waals surface area contributed by atoms with E-state index in [0.717, 1.165) is 11.1 Å². The number of rotatable bonds is 5. The number of nitrogens with zero attached hydrogens (tertiary/aromatic N) is 5. The summed E-state index contributed by atoms with van der Waals surface area (Å²) < 4.78 is 1.40. The van der Waals surface area contributed by atoms with Crippen molar-refractivity contribution in [2.45, 2.75) is 6.54 Å². The lowest BCUT2D eigenvalue weighted by Gasteiger charge is -2.09. The van der Waals surface area contributed by atoms with Gasteiger partial charge in [-0.25, -0.2) is 0 Å². The Morgan fingerprint density at radius 3 is 2.79 bits per heavy atom. The Morgan fingerprint density at radius 1 is 1.11 bits per heavy atom. The molecule has 0 aliphatic carbocycles. The largest absolute Gasteiger partial charge is 0.321 e. The molecule has 0 unspecified atom stereocenters. The molecule has 2 N–H and O–H groups in total. The van der Waals surface area contributed by atoms with Crippen molar-refractivity contribution in [1.82, 2.24) is 30.2 Å². The zero-order valence-electron chi connectivity index (χ0n) is 14.6. The van der Waals surface area contributed by atoms with Crippen molar-refractivity contribution >= 4 is 11.6 Å². The molecule has 3 aromatic heterocycles. The standard InChI is InChI=1S/C19H15N7O2/c27-18-7-6-16(11-26(18)12-17-22-24-25-23-17)21-19(28)14-4-1-3-13(9-14)15-5-2-8-20-10-15/h1-11H,12H2,(H,21,28)(H,22,23,24,25). The summed E-state index contributed by atoms with van der Waals surface area (Å²) in [5.41, 5.74) is 2.56. The second-order valence-corrected chi connectivity index (χ2v) is 5.99. The highest BCUT2D eigenvalue weighted by molar-refractivity contribution is 6.04. The number of tetrazole rings is 1. The molecule has 1 amide bonds. The molecule has 4 aromatic rings. The van der Waals surface area contributed by atoms with E-state index in [4.69, 9.17) is 0 Å². The van der Waals surface area contributed by atoms with Gasteiger partial charge in [-0.15, -0.1) is 10.2 Å². The molecule has 0 aliphatic heterocycles. The fourth-order valence-corrected chi connectivity index (χ4v) is 2.71. The van der Waals surface area contributed by atoms with E-state index in [1.165, 1.54) is 10.6 Å². The van der Waals surface area contributed by atoms with Crippen molar-refractivity contribution in [3.63, 3.8) is 0 Å². The SMILES string of the molecule is O=C(Nc1ccc(=O)n(Cc2nn[nH]n2)c1)c1cccc(-c2cccnc2)c1. The Balaban J connectivity index is 1.55. The fourth-order valence-electron chi connectivity index (χ4n) is 2.71. The van der Waals surface area contributed by atoms with Gasteiger partial charge < -0.3 is 9.88 Å². The third kappa shape index (κ3) is 3.83. The number of anilines is 1. The van der Waals surface area contributed by atoms with Crippen LogP contribution in [0, 0.1) is 0 Å². The van der Waals surface area contributed by atoms with E-state index in [1.54, 1.807) is 36.8 Å². The van der Waals surface area contributed by atoms with Crippen LogP contribution in [0.25, 0.3) is 11.1 Å². The number of pyridine rings is 2. The van der Waals surface area contributed by atoms with Crippen molar-refractivity contribution < 1.29 is 4.79 Å². The summed E-state index contributed by atoms with van der Waals surface area (Å²) in [7, 11) is 0. The van der Waals surface area contributed by atoms with Gasteiger partial charge in [0.05, 0.1) is 12.2 Å². The molecule has 0 saturated carbocycles. The second kappa shape index (κ2) is 7.62. The van der Waals surface area contributed by atoms with Gasteiger partial charge in [0.15, 0.2) is 5.82 Å². The van der Waals surface area contributed by atoms with Crippen LogP contribution in [0.3, 0.4) is 0 Å². The van der Waals surface area contributed by atoms with Gasteiger partial charge in [0.1, 0.15) is 0 Å². The predicted molar refractivity (Wildman–Crippen MR) is 102 cm³/mol. The molecule has 0 bridgehead atoms. The van der Waals surface area contributed by atoms with Gasteiger partial charge in [-0.05, 0) is 29.8 Å². The minimum Gasteiger partial charge on any atom is -0.321 e. The Hall–Kier alpha value is -4.14. The van der Waals surface area contributed by atoms with Crippen molar-refractivity contribution in [1.29, 1.82) is 0 Å². The minimum atomic E-state index is -0.282. The predicted octanol–water partition coefficient (Wildman–Crippen LogP) is 1.72. The number of carbonyl (C=O) groups excluding carboxylic acids is 1. The van der Waals surface area contributed by atoms with E-state index in [1.807, 2.05) is 24.3 Å². The number of hydrogen-bond acceptors (Lipinski definition) is 6. The third-order valence-corrected chi connectivity index (χ3v) is 4.06. The zero-order chi connectivity index (χ0) is 19.3. The Morgan fingerprint density at radius 2 is 2.00 bits per heavy atom. The summed E-state index contributed by atoms with van der Waals surface area (Å²) in [5.74, 6) is 0.0882. The number of amides is 1. The molecule has 3 heterocycles. The molecule has 0 radical (unpaired) electrons. The number of carbonyl (C=O) groups is 1. The van der Waals surface area contributed by atoms with Crippen LogP contribution in [0.2, 0.25) is 0 Å². The molecule has 0 atom stereocenters. The summed E-state index contributed by atoms with van der Waals surface area (Å²) in [6.45, 7) is 0.148. The summed E-state index contributed by atoms with van der Waals surface area (Å²) in [6, 6.07) is 14.0. The molecule has 9 heteroatoms. The zero-order valence-corrected chi connectivity index (χ0v) is 14.6. The summed E-state index contributed by atoms with van der Waals surface area (Å²) >= 11 is 0. The average molecular weight is 373 g/mol. The van der Waals surface area contributed by atoms with Gasteiger partial charge in [0.25, 0.3) is 11.5 Å². The lowest BCUT2D eigenvalue weighted by atomic mass is 10.0. The smallest absolute Gasteiger partial charge is 0.255 e. The molecular formula is C19H15N7O2. The van der Waals surface area contributed by atoms with Crippen molar-refractivity contribution in [3.8, 4) is 11.1 Å². The number of H-pyrrole nitrogens is 1. The normalized spacial score (nSPS) is 10.6. The van der Waals surface area contributed by atoms with Crippen LogP contribution in [-0.4, -0.2) is 36.1 Å². The molecule has 9 nitrogen and oxygen atoms in total. The monoisotopic (exact) mass is 373 g/mol.